The van der Waals surface area contributed by atoms with Gasteiger partial charge >= 0.3 is 5.69 Å². The van der Waals surface area contributed by atoms with E-state index in [4.69, 9.17) is 4.42 Å². The molecule has 0 fully saturated rings. The lowest BCUT2D eigenvalue weighted by atomic mass is 10.1. The Balaban J connectivity index is 2.34. The molecule has 0 spiro atoms. The fraction of sp³-hybridized carbons (Fsp3) is 0. The van der Waals surface area contributed by atoms with Gasteiger partial charge in [0.1, 0.15) is 5.76 Å². The maximum atomic E-state index is 11.6. The van der Waals surface area contributed by atoms with Crippen molar-refractivity contribution >= 4 is 10.9 Å². The third kappa shape index (κ3) is 1.57. The third-order valence-electron chi connectivity index (χ3n) is 2.55. The van der Waals surface area contributed by atoms with Gasteiger partial charge in [0.05, 0.1) is 17.2 Å². The average Bonchev–Trinajstić information content (AvgIpc) is 2.82. The molecule has 0 unspecified atom stereocenters. The summed E-state index contributed by atoms with van der Waals surface area (Å²) in [6.07, 6.45) is 1.57. The summed E-state index contributed by atoms with van der Waals surface area (Å²) in [6, 6.07) is 8.74. The minimum Gasteiger partial charge on any atom is -0.464 e. The van der Waals surface area contributed by atoms with Crippen LogP contribution in [0, 0.1) is 0 Å². The Morgan fingerprint density at radius 2 is 1.94 bits per heavy atom. The molecule has 2 aromatic heterocycles. The first-order valence-corrected chi connectivity index (χ1v) is 5.04. The Hall–Kier alpha value is -2.56. The van der Waals surface area contributed by atoms with Crippen LogP contribution in [0.1, 0.15) is 0 Å². The van der Waals surface area contributed by atoms with Gasteiger partial charge in [-0.1, -0.05) is 0 Å². The van der Waals surface area contributed by atoms with Crippen LogP contribution >= 0.6 is 0 Å². The summed E-state index contributed by atoms with van der Waals surface area (Å²) >= 11 is 0. The summed E-state index contributed by atoms with van der Waals surface area (Å²) in [7, 11) is 0. The van der Waals surface area contributed by atoms with E-state index in [0.717, 1.165) is 5.56 Å². The first-order chi connectivity index (χ1) is 8.24. The number of aromatic nitrogens is 2. The summed E-state index contributed by atoms with van der Waals surface area (Å²) in [5, 5.41) is 0.429. The lowest BCUT2D eigenvalue weighted by Crippen LogP contribution is -2.21. The number of benzene rings is 1. The Bertz CT molecular complexity index is 781. The summed E-state index contributed by atoms with van der Waals surface area (Å²) < 4.78 is 5.25. The van der Waals surface area contributed by atoms with Crippen molar-refractivity contribution in [3.05, 3.63) is 57.4 Å². The predicted octanol–water partition coefficient (Wildman–Crippen LogP) is 1.48. The van der Waals surface area contributed by atoms with E-state index >= 15 is 0 Å². The van der Waals surface area contributed by atoms with Gasteiger partial charge in [-0.15, -0.1) is 0 Å². The monoisotopic (exact) mass is 228 g/mol. The number of rotatable bonds is 1. The number of furan rings is 1. The number of hydrogen-bond acceptors (Lipinski definition) is 3. The first kappa shape index (κ1) is 9.65. The third-order valence-corrected chi connectivity index (χ3v) is 2.55. The molecule has 3 aromatic rings. The van der Waals surface area contributed by atoms with Crippen molar-refractivity contribution in [2.75, 3.05) is 0 Å². The molecule has 0 saturated carbocycles. The fourth-order valence-electron chi connectivity index (χ4n) is 1.76. The molecule has 0 bridgehead atoms. The van der Waals surface area contributed by atoms with Gasteiger partial charge in [-0.3, -0.25) is 9.78 Å². The van der Waals surface area contributed by atoms with Crippen molar-refractivity contribution in [3.63, 3.8) is 0 Å². The van der Waals surface area contributed by atoms with Crippen molar-refractivity contribution in [3.8, 4) is 11.3 Å². The van der Waals surface area contributed by atoms with Gasteiger partial charge in [0, 0.05) is 5.56 Å². The molecule has 2 N–H and O–H groups in total. The van der Waals surface area contributed by atoms with E-state index in [1.54, 1.807) is 36.6 Å². The van der Waals surface area contributed by atoms with E-state index in [1.807, 2.05) is 0 Å². The minimum absolute atomic E-state index is 0.405. The summed E-state index contributed by atoms with van der Waals surface area (Å²) in [5.74, 6) is 0.678. The standard InChI is InChI=1S/C12H8N2O3/c15-11-8-6-7(10-2-1-5-17-10)3-4-9(8)13-12(16)14-11/h1-6H,(H2,13,14,15,16). The molecule has 0 saturated heterocycles. The zero-order valence-corrected chi connectivity index (χ0v) is 8.69. The van der Waals surface area contributed by atoms with Crippen LogP contribution in [0.15, 0.2) is 50.6 Å². The van der Waals surface area contributed by atoms with Crippen LogP contribution in [0.3, 0.4) is 0 Å². The molecule has 5 heteroatoms. The minimum atomic E-state index is -0.506. The van der Waals surface area contributed by atoms with Gasteiger partial charge in [0.2, 0.25) is 0 Å². The maximum absolute atomic E-state index is 11.6. The first-order valence-electron chi connectivity index (χ1n) is 5.04. The SMILES string of the molecule is O=c1[nH]c(=O)c2cc(-c3ccco3)ccc2[nH]1. The second-order valence-electron chi connectivity index (χ2n) is 3.65. The van der Waals surface area contributed by atoms with E-state index in [9.17, 15) is 9.59 Å². The van der Waals surface area contributed by atoms with Crippen molar-refractivity contribution in [2.24, 2.45) is 0 Å². The molecule has 0 atom stereocenters. The molecule has 1 aromatic carbocycles. The van der Waals surface area contributed by atoms with Crippen molar-refractivity contribution in [2.45, 2.75) is 0 Å². The second kappa shape index (κ2) is 3.48. The van der Waals surface area contributed by atoms with Crippen LogP contribution in [0.4, 0.5) is 0 Å². The van der Waals surface area contributed by atoms with Gasteiger partial charge in [0.25, 0.3) is 5.56 Å². The van der Waals surface area contributed by atoms with Crippen LogP contribution in [0.5, 0.6) is 0 Å². The van der Waals surface area contributed by atoms with Gasteiger partial charge in [-0.2, -0.15) is 0 Å². The van der Waals surface area contributed by atoms with Gasteiger partial charge in [-0.05, 0) is 30.3 Å². The average molecular weight is 228 g/mol. The molecule has 0 amide bonds. The molecule has 0 radical (unpaired) electrons. The molecule has 2 heterocycles. The molecule has 17 heavy (non-hydrogen) atoms. The van der Waals surface area contributed by atoms with Crippen LogP contribution in [-0.2, 0) is 0 Å². The Morgan fingerprint density at radius 1 is 1.06 bits per heavy atom. The van der Waals surface area contributed by atoms with Crippen molar-refractivity contribution in [1.29, 1.82) is 0 Å². The highest BCUT2D eigenvalue weighted by molar-refractivity contribution is 5.82. The quantitative estimate of drug-likeness (QED) is 0.662. The van der Waals surface area contributed by atoms with Gasteiger partial charge < -0.3 is 9.40 Å². The van der Waals surface area contributed by atoms with E-state index in [2.05, 4.69) is 9.97 Å². The summed E-state index contributed by atoms with van der Waals surface area (Å²) in [5.41, 5.74) is 0.388. The number of nitrogens with one attached hydrogen (secondary N) is 2. The highest BCUT2D eigenvalue weighted by Crippen LogP contribution is 2.21. The van der Waals surface area contributed by atoms with Crippen LogP contribution in [0.25, 0.3) is 22.2 Å². The fourth-order valence-corrected chi connectivity index (χ4v) is 1.76. The molecule has 84 valence electrons. The van der Waals surface area contributed by atoms with Crippen LogP contribution in [-0.4, -0.2) is 9.97 Å². The lowest BCUT2D eigenvalue weighted by molar-refractivity contribution is 0.582. The largest absolute Gasteiger partial charge is 0.464 e. The zero-order chi connectivity index (χ0) is 11.8. The summed E-state index contributed by atoms with van der Waals surface area (Å²) in [4.78, 5) is 27.5. The number of hydrogen-bond donors (Lipinski definition) is 2. The Kier molecular flexibility index (Phi) is 1.98. The number of H-pyrrole nitrogens is 2. The summed E-state index contributed by atoms with van der Waals surface area (Å²) in [6.45, 7) is 0. The van der Waals surface area contributed by atoms with Crippen LogP contribution in [0.2, 0.25) is 0 Å². The van der Waals surface area contributed by atoms with E-state index in [-0.39, 0.29) is 0 Å². The smallest absolute Gasteiger partial charge is 0.326 e. The zero-order valence-electron chi connectivity index (χ0n) is 8.69. The van der Waals surface area contributed by atoms with Crippen molar-refractivity contribution < 1.29 is 4.42 Å². The lowest BCUT2D eigenvalue weighted by Gasteiger charge is -1.99. The highest BCUT2D eigenvalue weighted by atomic mass is 16.3. The molecule has 3 rings (SSSR count). The van der Waals surface area contributed by atoms with E-state index in [1.165, 1.54) is 0 Å². The molecular weight excluding hydrogens is 220 g/mol. The maximum Gasteiger partial charge on any atom is 0.326 e. The number of fused-ring (bicyclic) bond motifs is 1. The predicted molar refractivity (Wildman–Crippen MR) is 62.9 cm³/mol. The molecule has 0 aliphatic carbocycles. The molecule has 0 aliphatic rings. The van der Waals surface area contributed by atoms with Gasteiger partial charge in [-0.25, -0.2) is 4.79 Å². The molecular formula is C12H8N2O3. The second-order valence-corrected chi connectivity index (χ2v) is 3.65. The van der Waals surface area contributed by atoms with Crippen LogP contribution < -0.4 is 11.2 Å². The Morgan fingerprint density at radius 3 is 2.71 bits per heavy atom. The molecule has 0 aliphatic heterocycles. The topological polar surface area (TPSA) is 78.9 Å². The normalized spacial score (nSPS) is 10.8. The molecule has 5 nitrogen and oxygen atoms in total. The van der Waals surface area contributed by atoms with Gasteiger partial charge in [0.15, 0.2) is 0 Å². The highest BCUT2D eigenvalue weighted by Gasteiger charge is 2.05. The van der Waals surface area contributed by atoms with Crippen molar-refractivity contribution in [1.82, 2.24) is 9.97 Å². The number of aromatic amines is 2. The van der Waals surface area contributed by atoms with E-state index in [0.29, 0.717) is 16.7 Å². The van der Waals surface area contributed by atoms with E-state index < -0.39 is 11.2 Å². The Labute approximate surface area is 94.7 Å².